The zero-order valence-corrected chi connectivity index (χ0v) is 28.6. The van der Waals surface area contributed by atoms with Crippen LogP contribution < -0.4 is 4.90 Å². The van der Waals surface area contributed by atoms with Gasteiger partial charge in [0.05, 0.1) is 0 Å². The van der Waals surface area contributed by atoms with Gasteiger partial charge >= 0.3 is 0 Å². The molecule has 0 N–H and O–H groups in total. The molecule has 0 aliphatic heterocycles. The van der Waals surface area contributed by atoms with E-state index in [2.05, 4.69) is 195 Å². The molecule has 7 aromatic rings. The van der Waals surface area contributed by atoms with Gasteiger partial charge in [0.15, 0.2) is 0 Å². The fourth-order valence-corrected chi connectivity index (χ4v) is 8.21. The second-order valence-electron chi connectivity index (χ2n) is 14.1. The molecule has 7 aromatic carbocycles. The van der Waals surface area contributed by atoms with E-state index in [0.29, 0.717) is 0 Å². The fraction of sp³-hybridized carbons (Fsp3) is 0.102. The maximum absolute atomic E-state index is 2.45. The van der Waals surface area contributed by atoms with Gasteiger partial charge in [0.1, 0.15) is 0 Å². The highest BCUT2D eigenvalue weighted by Gasteiger charge is 2.37. The Kier molecular flexibility index (Phi) is 7.36. The molecule has 1 heteroatoms. The van der Waals surface area contributed by atoms with E-state index in [1.54, 1.807) is 0 Å². The van der Waals surface area contributed by atoms with Crippen LogP contribution in [0.1, 0.15) is 43.4 Å². The highest BCUT2D eigenvalue weighted by molar-refractivity contribution is 6.08. The van der Waals surface area contributed by atoms with E-state index in [9.17, 15) is 0 Å². The lowest BCUT2D eigenvalue weighted by Gasteiger charge is -2.30. The minimum atomic E-state index is -0.0626. The highest BCUT2D eigenvalue weighted by atomic mass is 15.1. The summed E-state index contributed by atoms with van der Waals surface area (Å²) in [5.41, 5.74) is 16.8. The molecule has 0 atom stereocenters. The van der Waals surface area contributed by atoms with Gasteiger partial charge in [0.25, 0.3) is 0 Å². The summed E-state index contributed by atoms with van der Waals surface area (Å²) in [5.74, 6) is 0. The van der Waals surface area contributed by atoms with Crippen molar-refractivity contribution < 1.29 is 0 Å². The maximum Gasteiger partial charge on any atom is 0.0458 e. The highest BCUT2D eigenvalue weighted by Crippen LogP contribution is 2.54. The Morgan fingerprint density at radius 2 is 1.04 bits per heavy atom. The van der Waals surface area contributed by atoms with Gasteiger partial charge in [-0.3, -0.25) is 0 Å². The van der Waals surface area contributed by atoms with E-state index < -0.39 is 0 Å². The molecular formula is C49H39N. The standard InChI is InChI=1S/C49H39N/c1-49(2)45-20-12-11-19-44(45)48-46(49)33-39-17-9-10-18-43(39)47(48)38-25-31-42(32-26-38)50(40-27-21-36(22-28-40)34-13-5-3-6-14-34)41-29-23-37(24-30-41)35-15-7-4-8-16-35/h3-23,25-29,31-33H,24,30H2,1-2H3. The largest absolute Gasteiger partial charge is 0.314 e. The molecular weight excluding hydrogens is 603 g/mol. The first-order chi connectivity index (χ1) is 24.6. The van der Waals surface area contributed by atoms with Gasteiger partial charge in [-0.05, 0) is 116 Å². The van der Waals surface area contributed by atoms with Crippen LogP contribution in [0.15, 0.2) is 182 Å². The summed E-state index contributed by atoms with van der Waals surface area (Å²) in [6, 6.07) is 60.0. The lowest BCUT2D eigenvalue weighted by molar-refractivity contribution is 0.661. The number of allylic oxidation sites excluding steroid dienone is 4. The zero-order valence-electron chi connectivity index (χ0n) is 28.6. The van der Waals surface area contributed by atoms with Crippen LogP contribution in [0.3, 0.4) is 0 Å². The van der Waals surface area contributed by atoms with Crippen LogP contribution in [0.5, 0.6) is 0 Å². The number of anilines is 2. The summed E-state index contributed by atoms with van der Waals surface area (Å²) in [6.07, 6.45) is 6.60. The Morgan fingerprint density at radius 3 is 1.72 bits per heavy atom. The summed E-state index contributed by atoms with van der Waals surface area (Å²) in [7, 11) is 0. The van der Waals surface area contributed by atoms with E-state index >= 15 is 0 Å². The van der Waals surface area contributed by atoms with Crippen LogP contribution in [0, 0.1) is 0 Å². The number of benzene rings is 7. The number of rotatable bonds is 6. The van der Waals surface area contributed by atoms with E-state index in [1.807, 2.05) is 0 Å². The Labute approximate surface area is 295 Å². The van der Waals surface area contributed by atoms with Crippen molar-refractivity contribution in [3.63, 3.8) is 0 Å². The Bertz CT molecular complexity index is 2410. The molecule has 0 radical (unpaired) electrons. The molecule has 0 heterocycles. The van der Waals surface area contributed by atoms with Gasteiger partial charge < -0.3 is 4.90 Å². The van der Waals surface area contributed by atoms with Gasteiger partial charge in [-0.1, -0.05) is 153 Å². The number of hydrogen-bond donors (Lipinski definition) is 0. The van der Waals surface area contributed by atoms with E-state index in [-0.39, 0.29) is 5.41 Å². The lowest BCUT2D eigenvalue weighted by atomic mass is 9.80. The summed E-state index contributed by atoms with van der Waals surface area (Å²) >= 11 is 0. The Hall–Kier alpha value is -5.92. The Balaban J connectivity index is 1.17. The fourth-order valence-electron chi connectivity index (χ4n) is 8.21. The molecule has 0 fully saturated rings. The molecule has 0 aromatic heterocycles. The molecule has 0 amide bonds. The third kappa shape index (κ3) is 5.09. The van der Waals surface area contributed by atoms with Gasteiger partial charge in [0, 0.05) is 22.5 Å². The molecule has 0 bridgehead atoms. The van der Waals surface area contributed by atoms with Crippen LogP contribution in [-0.4, -0.2) is 0 Å². The van der Waals surface area contributed by atoms with Crippen LogP contribution in [0.2, 0.25) is 0 Å². The predicted molar refractivity (Wildman–Crippen MR) is 213 cm³/mol. The lowest BCUT2D eigenvalue weighted by Crippen LogP contribution is -2.17. The van der Waals surface area contributed by atoms with Crippen LogP contribution in [0.25, 0.3) is 49.7 Å². The van der Waals surface area contributed by atoms with E-state index in [1.165, 1.54) is 83.5 Å². The SMILES string of the molecule is CC1(C)c2ccccc2-c2c1cc1ccccc1c2-c1ccc(N(C2=CC=C(c3ccccc3)CC2)c2ccc(-c3ccccc3)cc2)cc1. The molecule has 240 valence electrons. The second kappa shape index (κ2) is 12.2. The molecule has 50 heavy (non-hydrogen) atoms. The molecule has 9 rings (SSSR count). The van der Waals surface area contributed by atoms with Crippen molar-refractivity contribution in [3.05, 3.63) is 198 Å². The summed E-state index contributed by atoms with van der Waals surface area (Å²) < 4.78 is 0. The minimum absolute atomic E-state index is 0.0626. The topological polar surface area (TPSA) is 3.24 Å². The third-order valence-electron chi connectivity index (χ3n) is 10.8. The van der Waals surface area contributed by atoms with Gasteiger partial charge in [-0.15, -0.1) is 0 Å². The van der Waals surface area contributed by atoms with Crippen molar-refractivity contribution in [3.8, 4) is 33.4 Å². The monoisotopic (exact) mass is 641 g/mol. The van der Waals surface area contributed by atoms with Crippen molar-refractivity contribution in [2.24, 2.45) is 0 Å². The first-order valence-corrected chi connectivity index (χ1v) is 17.7. The number of hydrogen-bond acceptors (Lipinski definition) is 1. The van der Waals surface area contributed by atoms with E-state index in [0.717, 1.165) is 12.8 Å². The van der Waals surface area contributed by atoms with Crippen molar-refractivity contribution in [2.45, 2.75) is 32.1 Å². The number of nitrogens with zero attached hydrogens (tertiary/aromatic N) is 1. The van der Waals surface area contributed by atoms with Crippen LogP contribution in [0.4, 0.5) is 11.4 Å². The first kappa shape index (κ1) is 30.2. The summed E-state index contributed by atoms with van der Waals surface area (Å²) in [4.78, 5) is 2.45. The summed E-state index contributed by atoms with van der Waals surface area (Å²) in [6.45, 7) is 4.74. The predicted octanol–water partition coefficient (Wildman–Crippen LogP) is 13.4. The molecule has 2 aliphatic carbocycles. The van der Waals surface area contributed by atoms with Crippen molar-refractivity contribution in [2.75, 3.05) is 4.90 Å². The first-order valence-electron chi connectivity index (χ1n) is 17.7. The van der Waals surface area contributed by atoms with Crippen LogP contribution >= 0.6 is 0 Å². The molecule has 1 nitrogen and oxygen atoms in total. The minimum Gasteiger partial charge on any atom is -0.314 e. The number of fused-ring (bicyclic) bond motifs is 4. The zero-order chi connectivity index (χ0) is 33.7. The molecule has 0 saturated carbocycles. The second-order valence-corrected chi connectivity index (χ2v) is 14.1. The molecule has 2 aliphatic rings. The van der Waals surface area contributed by atoms with Crippen molar-refractivity contribution >= 4 is 27.7 Å². The molecule has 0 saturated heterocycles. The normalized spacial score (nSPS) is 14.4. The average Bonchev–Trinajstić information content (AvgIpc) is 3.41. The van der Waals surface area contributed by atoms with Gasteiger partial charge in [-0.2, -0.15) is 0 Å². The molecule has 0 unspecified atom stereocenters. The molecule has 0 spiro atoms. The summed E-state index contributed by atoms with van der Waals surface area (Å²) in [5, 5.41) is 2.59. The third-order valence-corrected chi connectivity index (χ3v) is 10.8. The quantitative estimate of drug-likeness (QED) is 0.175. The van der Waals surface area contributed by atoms with Crippen molar-refractivity contribution in [1.29, 1.82) is 0 Å². The van der Waals surface area contributed by atoms with E-state index in [4.69, 9.17) is 0 Å². The van der Waals surface area contributed by atoms with Crippen molar-refractivity contribution in [1.82, 2.24) is 0 Å². The smallest absolute Gasteiger partial charge is 0.0458 e. The van der Waals surface area contributed by atoms with Crippen LogP contribution in [-0.2, 0) is 5.41 Å². The van der Waals surface area contributed by atoms with Gasteiger partial charge in [0.2, 0.25) is 0 Å². The Morgan fingerprint density at radius 1 is 0.460 bits per heavy atom. The van der Waals surface area contributed by atoms with Gasteiger partial charge in [-0.25, -0.2) is 0 Å². The average molecular weight is 642 g/mol. The maximum atomic E-state index is 2.45.